The van der Waals surface area contributed by atoms with Gasteiger partial charge in [0.05, 0.1) is 24.2 Å². The molecule has 0 fully saturated rings. The zero-order valence-electron chi connectivity index (χ0n) is 22.7. The number of ether oxygens (including phenoxy) is 2. The van der Waals surface area contributed by atoms with Crippen LogP contribution in [0.4, 0.5) is 0 Å². The Morgan fingerprint density at radius 3 is 2.43 bits per heavy atom. The quantitative estimate of drug-likeness (QED) is 0.193. The highest BCUT2D eigenvalue weighted by Gasteiger charge is 2.16. The second-order valence-electron chi connectivity index (χ2n) is 9.80. The maximum Gasteiger partial charge on any atom is 0.282 e. The van der Waals surface area contributed by atoms with E-state index in [0.29, 0.717) is 46.2 Å². The molecule has 0 saturated heterocycles. The van der Waals surface area contributed by atoms with Gasteiger partial charge < -0.3 is 13.9 Å². The number of methoxy groups -OCH3 is 1. The van der Waals surface area contributed by atoms with Crippen LogP contribution in [-0.2, 0) is 6.61 Å². The van der Waals surface area contributed by atoms with Gasteiger partial charge in [-0.3, -0.25) is 4.79 Å². The summed E-state index contributed by atoms with van der Waals surface area (Å²) in [4.78, 5) is 18.3. The number of nitrogens with zero attached hydrogens (tertiary/aromatic N) is 3. The molecule has 0 aliphatic carbocycles. The van der Waals surface area contributed by atoms with Gasteiger partial charge in [0.1, 0.15) is 12.2 Å². The molecule has 0 atom stereocenters. The average Bonchev–Trinajstić information content (AvgIpc) is 3.48. The summed E-state index contributed by atoms with van der Waals surface area (Å²) < 4.78 is 19.1. The van der Waals surface area contributed by atoms with Gasteiger partial charge in [-0.05, 0) is 64.4 Å². The van der Waals surface area contributed by atoms with Gasteiger partial charge in [-0.1, -0.05) is 72.8 Å². The Bertz CT molecular complexity index is 2140. The molecule has 0 unspecified atom stereocenters. The lowest BCUT2D eigenvalue weighted by atomic mass is 10.1. The Labute approximate surface area is 240 Å². The molecule has 7 heteroatoms. The van der Waals surface area contributed by atoms with Crippen LogP contribution >= 0.6 is 0 Å². The first-order valence-electron chi connectivity index (χ1n) is 13.5. The van der Waals surface area contributed by atoms with E-state index in [1.165, 1.54) is 4.68 Å². The van der Waals surface area contributed by atoms with E-state index in [1.807, 2.05) is 78.9 Å². The number of furan rings is 1. The van der Waals surface area contributed by atoms with Crippen LogP contribution in [0.2, 0.25) is 0 Å². The fourth-order valence-electron chi connectivity index (χ4n) is 5.06. The third-order valence-electron chi connectivity index (χ3n) is 7.17. The summed E-state index contributed by atoms with van der Waals surface area (Å²) in [6.45, 7) is 0.393. The fourth-order valence-corrected chi connectivity index (χ4v) is 5.06. The number of para-hydroxylation sites is 2. The van der Waals surface area contributed by atoms with E-state index in [9.17, 15) is 4.79 Å². The van der Waals surface area contributed by atoms with Crippen LogP contribution in [0.1, 0.15) is 11.1 Å². The second kappa shape index (κ2) is 10.7. The number of rotatable bonds is 7. The van der Waals surface area contributed by atoms with Gasteiger partial charge in [0.25, 0.3) is 5.56 Å². The lowest BCUT2D eigenvalue weighted by Gasteiger charge is -2.13. The molecule has 0 radical (unpaired) electrons. The second-order valence-corrected chi connectivity index (χ2v) is 9.80. The van der Waals surface area contributed by atoms with Crippen LogP contribution < -0.4 is 15.0 Å². The zero-order chi connectivity index (χ0) is 28.5. The predicted octanol–water partition coefficient (Wildman–Crippen LogP) is 7.43. The molecule has 0 aliphatic rings. The number of benzene rings is 5. The third-order valence-corrected chi connectivity index (χ3v) is 7.17. The molecular formula is C35H25N3O4. The zero-order valence-corrected chi connectivity index (χ0v) is 22.7. The van der Waals surface area contributed by atoms with Gasteiger partial charge >= 0.3 is 0 Å². The summed E-state index contributed by atoms with van der Waals surface area (Å²) in [5, 5.41) is 8.25. The predicted molar refractivity (Wildman–Crippen MR) is 165 cm³/mol. The van der Waals surface area contributed by atoms with Crippen molar-refractivity contribution in [3.63, 3.8) is 0 Å². The monoisotopic (exact) mass is 551 g/mol. The summed E-state index contributed by atoms with van der Waals surface area (Å²) in [5.41, 5.74) is 2.78. The highest BCUT2D eigenvalue weighted by molar-refractivity contribution is 5.86. The van der Waals surface area contributed by atoms with Crippen molar-refractivity contribution in [3.05, 3.63) is 137 Å². The minimum atomic E-state index is -0.297. The molecule has 5 aromatic carbocycles. The highest BCUT2D eigenvalue weighted by atomic mass is 16.5. The van der Waals surface area contributed by atoms with Crippen molar-refractivity contribution in [3.8, 4) is 23.1 Å². The van der Waals surface area contributed by atoms with Crippen molar-refractivity contribution in [2.45, 2.75) is 6.61 Å². The standard InChI is InChI=1S/C35H25N3O4/c1-40-32-19-23(17-18-31(32)41-22-26-12-8-11-24-9-2-4-13-27(24)26)21-36-38-34(33-20-25-10-3-7-16-30(25)42-33)37-29-15-6-5-14-28(29)35(38)39/h2-21H,22H2,1H3. The topological polar surface area (TPSA) is 78.9 Å². The van der Waals surface area contributed by atoms with Crippen LogP contribution in [-0.4, -0.2) is 23.0 Å². The molecule has 42 heavy (non-hydrogen) atoms. The van der Waals surface area contributed by atoms with E-state index < -0.39 is 0 Å². The average molecular weight is 552 g/mol. The summed E-state index contributed by atoms with van der Waals surface area (Å²) in [6, 6.07) is 36.7. The highest BCUT2D eigenvalue weighted by Crippen LogP contribution is 2.30. The Balaban J connectivity index is 1.23. The summed E-state index contributed by atoms with van der Waals surface area (Å²) in [7, 11) is 1.60. The van der Waals surface area contributed by atoms with E-state index in [4.69, 9.17) is 18.9 Å². The number of fused-ring (bicyclic) bond motifs is 3. The first kappa shape index (κ1) is 25.3. The van der Waals surface area contributed by atoms with Gasteiger partial charge in [-0.15, -0.1) is 0 Å². The minimum absolute atomic E-state index is 0.297. The lowest BCUT2D eigenvalue weighted by Crippen LogP contribution is -2.20. The number of aromatic nitrogens is 2. The van der Waals surface area contributed by atoms with Crippen molar-refractivity contribution < 1.29 is 13.9 Å². The van der Waals surface area contributed by atoms with Gasteiger partial charge in [0.2, 0.25) is 5.82 Å². The summed E-state index contributed by atoms with van der Waals surface area (Å²) >= 11 is 0. The Morgan fingerprint density at radius 2 is 1.57 bits per heavy atom. The van der Waals surface area contributed by atoms with Crippen LogP contribution in [0.25, 0.3) is 44.2 Å². The Kier molecular flexibility index (Phi) is 6.45. The Morgan fingerprint density at radius 1 is 0.810 bits per heavy atom. The summed E-state index contributed by atoms with van der Waals surface area (Å²) in [5.74, 6) is 1.93. The molecule has 2 aromatic heterocycles. The molecule has 7 aromatic rings. The lowest BCUT2D eigenvalue weighted by molar-refractivity contribution is 0.285. The molecule has 7 nitrogen and oxygen atoms in total. The van der Waals surface area contributed by atoms with Crippen molar-refractivity contribution in [2.24, 2.45) is 5.10 Å². The van der Waals surface area contributed by atoms with E-state index in [2.05, 4.69) is 29.4 Å². The van der Waals surface area contributed by atoms with Gasteiger partial charge in [-0.25, -0.2) is 4.98 Å². The molecule has 0 spiro atoms. The number of hydrogen-bond donors (Lipinski definition) is 0. The van der Waals surface area contributed by atoms with E-state index >= 15 is 0 Å². The maximum absolute atomic E-state index is 13.6. The van der Waals surface area contributed by atoms with E-state index in [-0.39, 0.29) is 5.56 Å². The van der Waals surface area contributed by atoms with Crippen LogP contribution in [0.15, 0.2) is 130 Å². The number of hydrogen-bond acceptors (Lipinski definition) is 6. The molecule has 204 valence electrons. The van der Waals surface area contributed by atoms with E-state index in [1.54, 1.807) is 25.5 Å². The SMILES string of the molecule is COc1cc(C=Nn2c(-c3cc4ccccc4o3)nc3ccccc3c2=O)ccc1OCc1cccc2ccccc12. The van der Waals surface area contributed by atoms with Crippen molar-refractivity contribution in [1.29, 1.82) is 0 Å². The van der Waals surface area contributed by atoms with Crippen LogP contribution in [0, 0.1) is 0 Å². The first-order chi connectivity index (χ1) is 20.7. The van der Waals surface area contributed by atoms with Crippen molar-refractivity contribution >= 4 is 38.9 Å². The molecule has 0 amide bonds. The molecule has 7 rings (SSSR count). The van der Waals surface area contributed by atoms with Crippen LogP contribution in [0.5, 0.6) is 11.5 Å². The molecular weight excluding hydrogens is 526 g/mol. The molecule has 0 bridgehead atoms. The maximum atomic E-state index is 13.6. The molecule has 0 aliphatic heterocycles. The third kappa shape index (κ3) is 4.67. The summed E-state index contributed by atoms with van der Waals surface area (Å²) in [6.07, 6.45) is 1.60. The van der Waals surface area contributed by atoms with Crippen LogP contribution in [0.3, 0.4) is 0 Å². The Hall–Kier alpha value is -5.69. The smallest absolute Gasteiger partial charge is 0.282 e. The molecule has 2 heterocycles. The normalized spacial score (nSPS) is 11.5. The van der Waals surface area contributed by atoms with Gasteiger partial charge in [-0.2, -0.15) is 9.78 Å². The van der Waals surface area contributed by atoms with Crippen molar-refractivity contribution in [2.75, 3.05) is 7.11 Å². The van der Waals surface area contributed by atoms with Gasteiger partial charge in [0.15, 0.2) is 17.3 Å². The largest absolute Gasteiger partial charge is 0.493 e. The fraction of sp³-hybridized carbons (Fsp3) is 0.0571. The minimum Gasteiger partial charge on any atom is -0.493 e. The van der Waals surface area contributed by atoms with Crippen molar-refractivity contribution in [1.82, 2.24) is 9.66 Å². The molecule has 0 N–H and O–H groups in total. The van der Waals surface area contributed by atoms with Gasteiger partial charge in [0, 0.05) is 5.39 Å². The molecule has 0 saturated carbocycles. The first-order valence-corrected chi connectivity index (χ1v) is 13.5. The van der Waals surface area contributed by atoms with E-state index in [0.717, 1.165) is 27.3 Å².